The fourth-order valence-electron chi connectivity index (χ4n) is 0.816. The summed E-state index contributed by atoms with van der Waals surface area (Å²) in [4.78, 5) is 33.8. The van der Waals surface area contributed by atoms with E-state index in [-0.39, 0.29) is 5.56 Å². The predicted molar refractivity (Wildman–Crippen MR) is 42.8 cm³/mol. The number of hydrogen-bond acceptors (Lipinski definition) is 4. The van der Waals surface area contributed by atoms with Crippen molar-refractivity contribution in [1.29, 1.82) is 0 Å². The number of aromatic amines is 1. The Balaban J connectivity index is 3.24. The molecule has 0 aliphatic carbocycles. The molecule has 7 nitrogen and oxygen atoms in total. The molecule has 70 valence electrons. The zero-order valence-electron chi connectivity index (χ0n) is 6.48. The van der Waals surface area contributed by atoms with Crippen molar-refractivity contribution in [3.8, 4) is 0 Å². The summed E-state index contributed by atoms with van der Waals surface area (Å²) in [6.45, 7) is 0. The fourth-order valence-corrected chi connectivity index (χ4v) is 0.816. The minimum atomic E-state index is -1.16. The standard InChI is InChI=1S/C6H7N3O4/c7-9-2-3(1-4(10)11)5(12)8-6(9)13/h2H,1,7H2,(H,10,11)(H,8,12,13). The van der Waals surface area contributed by atoms with Crippen molar-refractivity contribution in [1.82, 2.24) is 9.66 Å². The molecule has 0 aliphatic heterocycles. The number of aliphatic carboxylic acids is 1. The van der Waals surface area contributed by atoms with Gasteiger partial charge < -0.3 is 10.9 Å². The maximum atomic E-state index is 10.9. The second-order valence-corrected chi connectivity index (χ2v) is 2.39. The maximum Gasteiger partial charge on any atom is 0.346 e. The van der Waals surface area contributed by atoms with E-state index in [1.807, 2.05) is 4.98 Å². The van der Waals surface area contributed by atoms with Gasteiger partial charge in [-0.2, -0.15) is 0 Å². The van der Waals surface area contributed by atoms with Gasteiger partial charge in [-0.25, -0.2) is 9.47 Å². The molecule has 0 spiro atoms. The largest absolute Gasteiger partial charge is 0.481 e. The highest BCUT2D eigenvalue weighted by atomic mass is 16.4. The molecular formula is C6H7N3O4. The Labute approximate surface area is 71.4 Å². The fraction of sp³-hybridized carbons (Fsp3) is 0.167. The van der Waals surface area contributed by atoms with Crippen molar-refractivity contribution in [3.63, 3.8) is 0 Å². The number of aromatic nitrogens is 2. The number of rotatable bonds is 2. The normalized spacial score (nSPS) is 9.85. The van der Waals surface area contributed by atoms with Gasteiger partial charge >= 0.3 is 11.7 Å². The summed E-state index contributed by atoms with van der Waals surface area (Å²) >= 11 is 0. The van der Waals surface area contributed by atoms with Crippen LogP contribution in [0.1, 0.15) is 5.56 Å². The molecule has 0 saturated heterocycles. The Kier molecular flexibility index (Phi) is 2.18. The first-order chi connectivity index (χ1) is 6.00. The van der Waals surface area contributed by atoms with Gasteiger partial charge in [0.15, 0.2) is 0 Å². The van der Waals surface area contributed by atoms with Gasteiger partial charge in [0.05, 0.1) is 6.42 Å². The monoisotopic (exact) mass is 185 g/mol. The Morgan fingerprint density at radius 2 is 2.23 bits per heavy atom. The molecule has 4 N–H and O–H groups in total. The highest BCUT2D eigenvalue weighted by molar-refractivity contribution is 5.69. The van der Waals surface area contributed by atoms with Crippen molar-refractivity contribution in [2.24, 2.45) is 0 Å². The van der Waals surface area contributed by atoms with Gasteiger partial charge in [0.25, 0.3) is 5.56 Å². The van der Waals surface area contributed by atoms with Crippen molar-refractivity contribution >= 4 is 5.97 Å². The van der Waals surface area contributed by atoms with Crippen molar-refractivity contribution in [2.45, 2.75) is 6.42 Å². The van der Waals surface area contributed by atoms with E-state index in [0.717, 1.165) is 6.20 Å². The van der Waals surface area contributed by atoms with E-state index >= 15 is 0 Å². The maximum absolute atomic E-state index is 10.9. The predicted octanol–water partition coefficient (Wildman–Crippen LogP) is -2.12. The van der Waals surface area contributed by atoms with Gasteiger partial charge in [0, 0.05) is 11.8 Å². The van der Waals surface area contributed by atoms with E-state index in [1.54, 1.807) is 0 Å². The molecule has 0 atom stereocenters. The number of nitrogens with zero attached hydrogens (tertiary/aromatic N) is 1. The Hall–Kier alpha value is -2.05. The number of H-pyrrole nitrogens is 1. The summed E-state index contributed by atoms with van der Waals surface area (Å²) in [5.41, 5.74) is -1.57. The van der Waals surface area contributed by atoms with Crippen LogP contribution in [0.25, 0.3) is 0 Å². The highest BCUT2D eigenvalue weighted by Gasteiger charge is 2.06. The van der Waals surface area contributed by atoms with Crippen molar-refractivity contribution < 1.29 is 9.90 Å². The molecule has 0 aromatic carbocycles. The lowest BCUT2D eigenvalue weighted by molar-refractivity contribution is -0.136. The van der Waals surface area contributed by atoms with Crippen LogP contribution in [0.3, 0.4) is 0 Å². The van der Waals surface area contributed by atoms with Gasteiger partial charge in [-0.3, -0.25) is 14.6 Å². The molecule has 0 unspecified atom stereocenters. The Morgan fingerprint density at radius 1 is 1.62 bits per heavy atom. The van der Waals surface area contributed by atoms with Crippen LogP contribution in [0.2, 0.25) is 0 Å². The van der Waals surface area contributed by atoms with Gasteiger partial charge in [0.1, 0.15) is 0 Å². The molecule has 0 fully saturated rings. The Bertz CT molecular complexity index is 444. The van der Waals surface area contributed by atoms with Crippen LogP contribution in [0.4, 0.5) is 0 Å². The SMILES string of the molecule is Nn1cc(CC(=O)O)c(=O)[nH]c1=O. The summed E-state index contributed by atoms with van der Waals surface area (Å²) in [7, 11) is 0. The smallest absolute Gasteiger partial charge is 0.346 e. The molecule has 1 heterocycles. The third-order valence-electron chi connectivity index (χ3n) is 1.38. The van der Waals surface area contributed by atoms with Gasteiger partial charge in [0.2, 0.25) is 0 Å². The summed E-state index contributed by atoms with van der Waals surface area (Å²) < 4.78 is 0.625. The van der Waals surface area contributed by atoms with Crippen LogP contribution in [0.15, 0.2) is 15.8 Å². The first-order valence-corrected chi connectivity index (χ1v) is 3.32. The molecule has 13 heavy (non-hydrogen) atoms. The lowest BCUT2D eigenvalue weighted by Crippen LogP contribution is -2.36. The molecule has 0 amide bonds. The van der Waals surface area contributed by atoms with Gasteiger partial charge in [-0.15, -0.1) is 0 Å². The van der Waals surface area contributed by atoms with Crippen LogP contribution >= 0.6 is 0 Å². The molecule has 0 saturated carbocycles. The number of nitrogens with one attached hydrogen (secondary N) is 1. The third-order valence-corrected chi connectivity index (χ3v) is 1.38. The molecule has 1 rings (SSSR count). The molecule has 0 radical (unpaired) electrons. The minimum Gasteiger partial charge on any atom is -0.481 e. The van der Waals surface area contributed by atoms with Crippen LogP contribution in [-0.2, 0) is 11.2 Å². The first-order valence-electron chi connectivity index (χ1n) is 3.32. The molecule has 7 heteroatoms. The highest BCUT2D eigenvalue weighted by Crippen LogP contribution is 1.86. The van der Waals surface area contributed by atoms with Gasteiger partial charge in [-0.05, 0) is 0 Å². The Morgan fingerprint density at radius 3 is 2.77 bits per heavy atom. The van der Waals surface area contributed by atoms with E-state index in [9.17, 15) is 14.4 Å². The quantitative estimate of drug-likeness (QED) is 0.455. The topological polar surface area (TPSA) is 118 Å². The van der Waals surface area contributed by atoms with Gasteiger partial charge in [-0.1, -0.05) is 0 Å². The third kappa shape index (κ3) is 1.95. The van der Waals surface area contributed by atoms with Crippen LogP contribution < -0.4 is 17.1 Å². The lowest BCUT2D eigenvalue weighted by Gasteiger charge is -1.98. The summed E-state index contributed by atoms with van der Waals surface area (Å²) in [5.74, 6) is 3.94. The summed E-state index contributed by atoms with van der Waals surface area (Å²) in [5, 5.41) is 8.37. The molecular weight excluding hydrogens is 178 g/mol. The average Bonchev–Trinajstić information content (AvgIpc) is 1.99. The molecule has 1 aromatic rings. The minimum absolute atomic E-state index is 0.0606. The molecule has 0 aliphatic rings. The summed E-state index contributed by atoms with van der Waals surface area (Å²) in [6, 6.07) is 0. The van der Waals surface area contributed by atoms with E-state index in [2.05, 4.69) is 0 Å². The van der Waals surface area contributed by atoms with E-state index < -0.39 is 23.6 Å². The number of nitrogens with two attached hydrogens (primary N) is 1. The zero-order valence-corrected chi connectivity index (χ0v) is 6.48. The van der Waals surface area contributed by atoms with Crippen LogP contribution in [0.5, 0.6) is 0 Å². The molecule has 0 bridgehead atoms. The van der Waals surface area contributed by atoms with E-state index in [1.165, 1.54) is 0 Å². The first kappa shape index (κ1) is 9.04. The van der Waals surface area contributed by atoms with Crippen LogP contribution in [0, 0.1) is 0 Å². The van der Waals surface area contributed by atoms with Crippen LogP contribution in [-0.4, -0.2) is 20.7 Å². The number of carbonyl (C=O) groups is 1. The van der Waals surface area contributed by atoms with Crippen molar-refractivity contribution in [3.05, 3.63) is 32.6 Å². The average molecular weight is 185 g/mol. The zero-order chi connectivity index (χ0) is 10.0. The number of nitrogen functional groups attached to an aromatic ring is 1. The van der Waals surface area contributed by atoms with E-state index in [4.69, 9.17) is 10.9 Å². The van der Waals surface area contributed by atoms with Crippen molar-refractivity contribution in [2.75, 3.05) is 5.84 Å². The number of carboxylic acids is 1. The second-order valence-electron chi connectivity index (χ2n) is 2.39. The summed E-state index contributed by atoms with van der Waals surface area (Å²) in [6.07, 6.45) is 0.530. The molecule has 1 aromatic heterocycles. The van der Waals surface area contributed by atoms with E-state index in [0.29, 0.717) is 4.68 Å². The second kappa shape index (κ2) is 3.13. The number of carboxylic acid groups (broad SMARTS) is 1. The number of hydrogen-bond donors (Lipinski definition) is 3. The lowest BCUT2D eigenvalue weighted by atomic mass is 10.2.